The second-order valence-electron chi connectivity index (χ2n) is 4.02. The van der Waals surface area contributed by atoms with Crippen molar-refractivity contribution in [3.8, 4) is 0 Å². The van der Waals surface area contributed by atoms with Gasteiger partial charge in [0.05, 0.1) is 6.10 Å². The molecule has 0 aromatic carbocycles. The highest BCUT2D eigenvalue weighted by molar-refractivity contribution is 5.49. The molecule has 0 spiro atoms. The predicted octanol–water partition coefficient (Wildman–Crippen LogP) is 0.652. The smallest absolute Gasteiger partial charge is 0.134 e. The highest BCUT2D eigenvalue weighted by Crippen LogP contribution is 2.20. The lowest BCUT2D eigenvalue weighted by molar-refractivity contribution is 0.198. The minimum Gasteiger partial charge on any atom is -0.391 e. The van der Waals surface area contributed by atoms with Gasteiger partial charge in [-0.25, -0.2) is 9.97 Å². The molecule has 0 aliphatic carbocycles. The highest BCUT2D eigenvalue weighted by Gasteiger charge is 2.22. The number of hydrogen-bond donors (Lipinski definition) is 2. The van der Waals surface area contributed by atoms with Crippen molar-refractivity contribution in [1.82, 2.24) is 9.97 Å². The third-order valence-electron chi connectivity index (χ3n) is 2.82. The summed E-state index contributed by atoms with van der Waals surface area (Å²) in [6.07, 6.45) is 1.41. The van der Waals surface area contributed by atoms with E-state index in [0.29, 0.717) is 6.54 Å². The largest absolute Gasteiger partial charge is 0.391 e. The van der Waals surface area contributed by atoms with E-state index in [9.17, 15) is 5.11 Å². The second-order valence-corrected chi connectivity index (χ2v) is 4.02. The lowest BCUT2D eigenvalue weighted by atomic mass is 10.3. The molecular weight excluding hydrogens is 204 g/mol. The van der Waals surface area contributed by atoms with E-state index < -0.39 is 0 Å². The second kappa shape index (κ2) is 4.65. The number of rotatable bonds is 3. The van der Waals surface area contributed by atoms with Crippen LogP contribution in [0.3, 0.4) is 0 Å². The molecule has 2 N–H and O–H groups in total. The first-order chi connectivity index (χ1) is 7.72. The Morgan fingerprint density at radius 3 is 2.94 bits per heavy atom. The summed E-state index contributed by atoms with van der Waals surface area (Å²) in [4.78, 5) is 10.9. The molecule has 1 aliphatic heterocycles. The standard InChI is InChI=1S/C11H18N4O/c1-3-9-13-10(12-2)6-11(14-9)15-5-4-8(16)7-15/h6,8,16H,3-5,7H2,1-2H3,(H,12,13,14). The van der Waals surface area contributed by atoms with Crippen LogP contribution in [-0.4, -0.2) is 41.3 Å². The fourth-order valence-electron chi connectivity index (χ4n) is 1.88. The van der Waals surface area contributed by atoms with E-state index in [2.05, 4.69) is 20.2 Å². The molecule has 88 valence electrons. The molecule has 2 heterocycles. The molecule has 1 aromatic heterocycles. The van der Waals surface area contributed by atoms with Gasteiger partial charge < -0.3 is 15.3 Å². The van der Waals surface area contributed by atoms with Gasteiger partial charge in [-0.2, -0.15) is 0 Å². The fourth-order valence-corrected chi connectivity index (χ4v) is 1.88. The average Bonchev–Trinajstić information content (AvgIpc) is 2.75. The molecule has 1 aliphatic rings. The van der Waals surface area contributed by atoms with Crippen molar-refractivity contribution in [3.05, 3.63) is 11.9 Å². The van der Waals surface area contributed by atoms with Crippen LogP contribution in [0.1, 0.15) is 19.2 Å². The zero-order chi connectivity index (χ0) is 11.5. The maximum Gasteiger partial charge on any atom is 0.134 e. The Balaban J connectivity index is 2.25. The summed E-state index contributed by atoms with van der Waals surface area (Å²) in [6, 6.07) is 1.93. The number of anilines is 2. The maximum absolute atomic E-state index is 9.51. The average molecular weight is 222 g/mol. The fraction of sp³-hybridized carbons (Fsp3) is 0.636. The molecule has 5 heteroatoms. The van der Waals surface area contributed by atoms with Gasteiger partial charge in [0, 0.05) is 32.6 Å². The van der Waals surface area contributed by atoms with Gasteiger partial charge >= 0.3 is 0 Å². The van der Waals surface area contributed by atoms with E-state index in [1.165, 1.54) is 0 Å². The van der Waals surface area contributed by atoms with Crippen molar-refractivity contribution in [2.24, 2.45) is 0 Å². The van der Waals surface area contributed by atoms with Crippen molar-refractivity contribution in [3.63, 3.8) is 0 Å². The molecule has 1 atom stereocenters. The molecular formula is C11H18N4O. The number of hydrogen-bond acceptors (Lipinski definition) is 5. The van der Waals surface area contributed by atoms with Gasteiger partial charge in [-0.3, -0.25) is 0 Å². The predicted molar refractivity (Wildman–Crippen MR) is 63.8 cm³/mol. The summed E-state index contributed by atoms with van der Waals surface area (Å²) in [6.45, 7) is 3.57. The zero-order valence-corrected chi connectivity index (χ0v) is 9.77. The third kappa shape index (κ3) is 2.24. The molecule has 0 amide bonds. The van der Waals surface area contributed by atoms with Crippen LogP contribution in [0.4, 0.5) is 11.6 Å². The van der Waals surface area contributed by atoms with Gasteiger partial charge in [-0.1, -0.05) is 6.92 Å². The Morgan fingerprint density at radius 1 is 1.56 bits per heavy atom. The van der Waals surface area contributed by atoms with Gasteiger partial charge in [0.25, 0.3) is 0 Å². The van der Waals surface area contributed by atoms with Crippen molar-refractivity contribution < 1.29 is 5.11 Å². The molecule has 16 heavy (non-hydrogen) atoms. The van der Waals surface area contributed by atoms with E-state index in [1.807, 2.05) is 20.0 Å². The summed E-state index contributed by atoms with van der Waals surface area (Å²) in [5.74, 6) is 2.58. The number of aliphatic hydroxyl groups is 1. The lowest BCUT2D eigenvalue weighted by Crippen LogP contribution is -2.23. The molecule has 0 radical (unpaired) electrons. The Kier molecular flexibility index (Phi) is 3.24. The molecule has 0 saturated carbocycles. The van der Waals surface area contributed by atoms with Crippen LogP contribution < -0.4 is 10.2 Å². The van der Waals surface area contributed by atoms with E-state index in [0.717, 1.165) is 36.8 Å². The van der Waals surface area contributed by atoms with E-state index in [1.54, 1.807) is 0 Å². The Hall–Kier alpha value is -1.36. The molecule has 1 unspecified atom stereocenters. The van der Waals surface area contributed by atoms with Crippen molar-refractivity contribution in [2.45, 2.75) is 25.9 Å². The van der Waals surface area contributed by atoms with Crippen LogP contribution >= 0.6 is 0 Å². The number of nitrogens with one attached hydrogen (secondary N) is 1. The first-order valence-corrected chi connectivity index (χ1v) is 5.71. The summed E-state index contributed by atoms with van der Waals surface area (Å²) in [7, 11) is 1.85. The van der Waals surface area contributed by atoms with Crippen molar-refractivity contribution in [1.29, 1.82) is 0 Å². The quantitative estimate of drug-likeness (QED) is 0.786. The summed E-state index contributed by atoms with van der Waals surface area (Å²) >= 11 is 0. The first-order valence-electron chi connectivity index (χ1n) is 5.71. The van der Waals surface area contributed by atoms with E-state index in [4.69, 9.17) is 0 Å². The molecule has 5 nitrogen and oxygen atoms in total. The van der Waals surface area contributed by atoms with Crippen LogP contribution in [-0.2, 0) is 6.42 Å². The summed E-state index contributed by atoms with van der Waals surface area (Å²) in [5.41, 5.74) is 0. The van der Waals surface area contributed by atoms with Crippen molar-refractivity contribution in [2.75, 3.05) is 30.4 Å². The minimum atomic E-state index is -0.224. The Bertz CT molecular complexity index is 347. The monoisotopic (exact) mass is 222 g/mol. The van der Waals surface area contributed by atoms with E-state index in [-0.39, 0.29) is 6.10 Å². The Labute approximate surface area is 95.5 Å². The molecule has 0 bridgehead atoms. The van der Waals surface area contributed by atoms with Crippen LogP contribution in [0.25, 0.3) is 0 Å². The van der Waals surface area contributed by atoms with Crippen LogP contribution in [0.5, 0.6) is 0 Å². The lowest BCUT2D eigenvalue weighted by Gasteiger charge is -2.17. The van der Waals surface area contributed by atoms with Gasteiger partial charge in [-0.15, -0.1) is 0 Å². The summed E-state index contributed by atoms with van der Waals surface area (Å²) < 4.78 is 0. The Morgan fingerprint density at radius 2 is 2.38 bits per heavy atom. The number of aromatic nitrogens is 2. The maximum atomic E-state index is 9.51. The number of β-amino-alcohol motifs (C(OH)–C–C–N with tert-alkyl or cyclic N) is 1. The topological polar surface area (TPSA) is 61.3 Å². The van der Waals surface area contributed by atoms with Gasteiger partial charge in [-0.05, 0) is 6.42 Å². The molecule has 1 fully saturated rings. The van der Waals surface area contributed by atoms with Gasteiger partial charge in [0.2, 0.25) is 0 Å². The molecule has 2 rings (SSSR count). The van der Waals surface area contributed by atoms with Crippen LogP contribution in [0.15, 0.2) is 6.07 Å². The summed E-state index contributed by atoms with van der Waals surface area (Å²) in [5, 5.41) is 12.5. The number of aryl methyl sites for hydroxylation is 1. The number of nitrogens with zero attached hydrogens (tertiary/aromatic N) is 3. The third-order valence-corrected chi connectivity index (χ3v) is 2.82. The van der Waals surface area contributed by atoms with Crippen molar-refractivity contribution >= 4 is 11.6 Å². The molecule has 1 saturated heterocycles. The normalized spacial score (nSPS) is 20.2. The number of aliphatic hydroxyl groups excluding tert-OH is 1. The van der Waals surface area contributed by atoms with Gasteiger partial charge in [0.15, 0.2) is 0 Å². The first kappa shape index (κ1) is 11.1. The molecule has 1 aromatic rings. The van der Waals surface area contributed by atoms with Crippen LogP contribution in [0.2, 0.25) is 0 Å². The van der Waals surface area contributed by atoms with E-state index >= 15 is 0 Å². The zero-order valence-electron chi connectivity index (χ0n) is 9.77. The van der Waals surface area contributed by atoms with Crippen LogP contribution in [0, 0.1) is 0 Å². The minimum absolute atomic E-state index is 0.224. The SMILES string of the molecule is CCc1nc(NC)cc(N2CCC(O)C2)n1. The highest BCUT2D eigenvalue weighted by atomic mass is 16.3. The van der Waals surface area contributed by atoms with Gasteiger partial charge in [0.1, 0.15) is 17.5 Å².